The van der Waals surface area contributed by atoms with Crippen molar-refractivity contribution in [2.24, 2.45) is 0 Å². The van der Waals surface area contributed by atoms with Gasteiger partial charge in [0.1, 0.15) is 0 Å². The Morgan fingerprint density at radius 2 is 1.16 bits per heavy atom. The highest BCUT2D eigenvalue weighted by Crippen LogP contribution is 2.37. The van der Waals surface area contributed by atoms with Gasteiger partial charge in [0, 0.05) is 12.5 Å². The van der Waals surface area contributed by atoms with Gasteiger partial charge in [-0.2, -0.15) is 0 Å². The van der Waals surface area contributed by atoms with Gasteiger partial charge in [0.25, 0.3) is 0 Å². The molecule has 0 aliphatic carbocycles. The van der Waals surface area contributed by atoms with E-state index in [1.54, 1.807) is 0 Å². The molecule has 0 aromatic heterocycles. The van der Waals surface area contributed by atoms with Gasteiger partial charge in [0.15, 0.2) is 0 Å². The third kappa shape index (κ3) is 5.71. The van der Waals surface area contributed by atoms with Gasteiger partial charge in [-0.1, -0.05) is 113 Å². The largest absolute Gasteiger partial charge is 0.383 e. The first-order valence-corrected chi connectivity index (χ1v) is 9.93. The highest BCUT2D eigenvalue weighted by Gasteiger charge is 2.33. The van der Waals surface area contributed by atoms with E-state index in [0.717, 1.165) is 13.0 Å². The summed E-state index contributed by atoms with van der Waals surface area (Å²) in [5, 5.41) is 0. The first-order valence-electron chi connectivity index (χ1n) is 9.93. The number of ether oxygens (including phenoxy) is 1. The van der Waals surface area contributed by atoms with Crippen LogP contribution in [0.2, 0.25) is 0 Å². The molecule has 0 radical (unpaired) electrons. The second-order valence-electron chi connectivity index (χ2n) is 7.12. The van der Waals surface area contributed by atoms with Gasteiger partial charge in [0.2, 0.25) is 0 Å². The maximum absolute atomic E-state index is 5.73. The van der Waals surface area contributed by atoms with Crippen LogP contribution in [0.5, 0.6) is 0 Å². The fourth-order valence-electron chi connectivity index (χ4n) is 3.84. The number of hydrogen-bond acceptors (Lipinski definition) is 1. The Morgan fingerprint density at radius 1 is 0.680 bits per heavy atom. The second kappa shape index (κ2) is 11.1. The van der Waals surface area contributed by atoms with E-state index in [1.165, 1.54) is 56.1 Å². The van der Waals surface area contributed by atoms with Crippen LogP contribution in [-0.2, 0) is 10.2 Å². The molecule has 25 heavy (non-hydrogen) atoms. The zero-order valence-corrected chi connectivity index (χ0v) is 16.0. The highest BCUT2D eigenvalue weighted by molar-refractivity contribution is 5.39. The van der Waals surface area contributed by atoms with Gasteiger partial charge in [-0.05, 0) is 17.5 Å². The van der Waals surface area contributed by atoms with E-state index in [-0.39, 0.29) is 5.41 Å². The Labute approximate surface area is 154 Å². The monoisotopic (exact) mass is 338 g/mol. The Morgan fingerprint density at radius 3 is 1.64 bits per heavy atom. The van der Waals surface area contributed by atoms with Gasteiger partial charge in [-0.25, -0.2) is 0 Å². The zero-order chi connectivity index (χ0) is 17.8. The molecule has 0 spiro atoms. The van der Waals surface area contributed by atoms with Crippen molar-refractivity contribution in [1.82, 2.24) is 0 Å². The van der Waals surface area contributed by atoms with E-state index in [9.17, 15) is 0 Å². The first-order chi connectivity index (χ1) is 12.3. The number of hydrogen-bond donors (Lipinski definition) is 0. The molecule has 0 fully saturated rings. The van der Waals surface area contributed by atoms with E-state index in [1.807, 2.05) is 7.11 Å². The van der Waals surface area contributed by atoms with Gasteiger partial charge >= 0.3 is 0 Å². The van der Waals surface area contributed by atoms with E-state index in [2.05, 4.69) is 67.6 Å². The number of methoxy groups -OCH3 is 1. The molecule has 2 aromatic rings. The molecule has 0 atom stereocenters. The molecular weight excluding hydrogens is 304 g/mol. The van der Waals surface area contributed by atoms with Crippen LogP contribution < -0.4 is 0 Å². The fourth-order valence-corrected chi connectivity index (χ4v) is 3.84. The molecule has 0 heterocycles. The number of unbranched alkanes of at least 4 members (excludes halogenated alkanes) is 6. The summed E-state index contributed by atoms with van der Waals surface area (Å²) in [6.07, 6.45) is 10.5. The third-order valence-electron chi connectivity index (χ3n) is 5.25. The average Bonchev–Trinajstić information content (AvgIpc) is 2.68. The molecule has 0 aliphatic rings. The molecule has 0 saturated heterocycles. The molecule has 0 amide bonds. The summed E-state index contributed by atoms with van der Waals surface area (Å²) in [5.41, 5.74) is 2.70. The minimum atomic E-state index is -0.0410. The third-order valence-corrected chi connectivity index (χ3v) is 5.25. The van der Waals surface area contributed by atoms with Crippen molar-refractivity contribution in [3.63, 3.8) is 0 Å². The smallest absolute Gasteiger partial charge is 0.0599 e. The lowest BCUT2D eigenvalue weighted by Gasteiger charge is -2.35. The van der Waals surface area contributed by atoms with E-state index in [0.29, 0.717) is 0 Å². The Kier molecular flexibility index (Phi) is 8.76. The molecule has 0 saturated carbocycles. The van der Waals surface area contributed by atoms with E-state index >= 15 is 0 Å². The van der Waals surface area contributed by atoms with Crippen molar-refractivity contribution >= 4 is 0 Å². The molecule has 2 aromatic carbocycles. The molecule has 2 rings (SSSR count). The van der Waals surface area contributed by atoms with Crippen LogP contribution in [-0.4, -0.2) is 13.7 Å². The summed E-state index contributed by atoms with van der Waals surface area (Å²) in [5.74, 6) is 0. The lowest BCUT2D eigenvalue weighted by Crippen LogP contribution is -2.33. The molecule has 0 N–H and O–H groups in total. The normalized spacial score (nSPS) is 11.6. The predicted molar refractivity (Wildman–Crippen MR) is 108 cm³/mol. The lowest BCUT2D eigenvalue weighted by atomic mass is 9.71. The van der Waals surface area contributed by atoms with Crippen molar-refractivity contribution in [2.45, 2.75) is 63.7 Å². The second-order valence-corrected chi connectivity index (χ2v) is 7.12. The van der Waals surface area contributed by atoms with Gasteiger partial charge < -0.3 is 4.74 Å². The van der Waals surface area contributed by atoms with E-state index < -0.39 is 0 Å². The number of benzene rings is 2. The fraction of sp³-hybridized carbons (Fsp3) is 0.500. The summed E-state index contributed by atoms with van der Waals surface area (Å²) < 4.78 is 5.73. The summed E-state index contributed by atoms with van der Waals surface area (Å²) >= 11 is 0. The standard InChI is InChI=1S/C24H34O/c1-3-4-5-6-7-8-15-20-24(21-25-2,22-16-11-9-12-17-22)23-18-13-10-14-19-23/h9-14,16-19H,3-8,15,20-21H2,1-2H3. The van der Waals surface area contributed by atoms with Crippen LogP contribution >= 0.6 is 0 Å². The van der Waals surface area contributed by atoms with Crippen molar-refractivity contribution < 1.29 is 4.74 Å². The minimum Gasteiger partial charge on any atom is -0.383 e. The Bertz CT molecular complexity index is 522. The van der Waals surface area contributed by atoms with E-state index in [4.69, 9.17) is 4.74 Å². The number of rotatable bonds is 12. The Hall–Kier alpha value is -1.60. The molecule has 0 bridgehead atoms. The summed E-state index contributed by atoms with van der Waals surface area (Å²) in [6, 6.07) is 21.8. The summed E-state index contributed by atoms with van der Waals surface area (Å²) in [6.45, 7) is 3.01. The molecule has 1 heteroatoms. The average molecular weight is 339 g/mol. The molecule has 1 nitrogen and oxygen atoms in total. The topological polar surface area (TPSA) is 9.23 Å². The van der Waals surface area contributed by atoms with Crippen molar-refractivity contribution in [1.29, 1.82) is 0 Å². The van der Waals surface area contributed by atoms with Crippen LogP contribution in [0.25, 0.3) is 0 Å². The van der Waals surface area contributed by atoms with Crippen LogP contribution in [0.3, 0.4) is 0 Å². The van der Waals surface area contributed by atoms with Crippen LogP contribution in [0, 0.1) is 0 Å². The van der Waals surface area contributed by atoms with Crippen molar-refractivity contribution in [2.75, 3.05) is 13.7 Å². The van der Waals surface area contributed by atoms with Crippen molar-refractivity contribution in [3.05, 3.63) is 71.8 Å². The molecule has 0 unspecified atom stereocenters. The maximum atomic E-state index is 5.73. The summed E-state index contributed by atoms with van der Waals surface area (Å²) in [7, 11) is 1.82. The maximum Gasteiger partial charge on any atom is 0.0599 e. The molecule has 136 valence electrons. The van der Waals surface area contributed by atoms with Gasteiger partial charge in [-0.15, -0.1) is 0 Å². The van der Waals surface area contributed by atoms with Gasteiger partial charge in [0.05, 0.1) is 6.61 Å². The zero-order valence-electron chi connectivity index (χ0n) is 16.0. The molecule has 0 aliphatic heterocycles. The van der Waals surface area contributed by atoms with Gasteiger partial charge in [-0.3, -0.25) is 0 Å². The highest BCUT2D eigenvalue weighted by atomic mass is 16.5. The van der Waals surface area contributed by atoms with Crippen LogP contribution in [0.1, 0.15) is 69.4 Å². The SMILES string of the molecule is CCCCCCCCCC(COC)(c1ccccc1)c1ccccc1. The van der Waals surface area contributed by atoms with Crippen LogP contribution in [0.4, 0.5) is 0 Å². The molecular formula is C24H34O. The quantitative estimate of drug-likeness (QED) is 0.388. The van der Waals surface area contributed by atoms with Crippen molar-refractivity contribution in [3.8, 4) is 0 Å². The minimum absolute atomic E-state index is 0.0410. The van der Waals surface area contributed by atoms with Crippen LogP contribution in [0.15, 0.2) is 60.7 Å². The Balaban J connectivity index is 2.11. The lowest BCUT2D eigenvalue weighted by molar-refractivity contribution is 0.141. The summed E-state index contributed by atoms with van der Waals surface area (Å²) in [4.78, 5) is 0. The first kappa shape index (κ1) is 19.7. The predicted octanol–water partition coefficient (Wildman–Crippen LogP) is 6.76.